The van der Waals surface area contributed by atoms with Crippen molar-refractivity contribution in [3.63, 3.8) is 0 Å². The summed E-state index contributed by atoms with van der Waals surface area (Å²) in [4.78, 5) is 27.0. The number of hydrogen-bond donors (Lipinski definition) is 0. The van der Waals surface area contributed by atoms with Crippen LogP contribution in [0.15, 0.2) is 11.8 Å². The number of esters is 1. The molecule has 0 N–H and O–H groups in total. The Bertz CT molecular complexity index is 353. The van der Waals surface area contributed by atoms with Crippen LogP contribution in [0.2, 0.25) is 0 Å². The second kappa shape index (κ2) is 7.94. The first-order chi connectivity index (χ1) is 9.08. The fourth-order valence-electron chi connectivity index (χ4n) is 2.24. The molecule has 0 aromatic carbocycles. The third-order valence-electron chi connectivity index (χ3n) is 3.09. The van der Waals surface area contributed by atoms with Crippen molar-refractivity contribution in [3.8, 4) is 0 Å². The zero-order valence-corrected chi connectivity index (χ0v) is 12.1. The number of rotatable bonds is 7. The van der Waals surface area contributed by atoms with Gasteiger partial charge in [-0.1, -0.05) is 6.08 Å². The van der Waals surface area contributed by atoms with Crippen LogP contribution in [-0.4, -0.2) is 55.0 Å². The van der Waals surface area contributed by atoms with Gasteiger partial charge in [-0.15, -0.1) is 0 Å². The average Bonchev–Trinajstić information content (AvgIpc) is 2.83. The summed E-state index contributed by atoms with van der Waals surface area (Å²) in [6.45, 7) is 5.18. The maximum atomic E-state index is 12.2. The lowest BCUT2D eigenvalue weighted by molar-refractivity contribution is -0.144. The number of allylic oxidation sites excluding steroid dienone is 2. The van der Waals surface area contributed by atoms with Gasteiger partial charge in [0.15, 0.2) is 0 Å². The third-order valence-corrected chi connectivity index (χ3v) is 3.09. The lowest BCUT2D eigenvalue weighted by atomic mass is 10.3. The number of likely N-dealkylation sites (N-methyl/N-ethyl adjacent to an activating group) is 2. The summed E-state index contributed by atoms with van der Waals surface area (Å²) in [7, 11) is 1.76. The molecule has 0 saturated heterocycles. The second-order valence-corrected chi connectivity index (χ2v) is 4.70. The number of carbonyl (C=O) groups is 2. The molecule has 0 bridgehead atoms. The molecule has 0 fully saturated rings. The molecule has 1 aliphatic carbocycles. The summed E-state index contributed by atoms with van der Waals surface area (Å²) < 4.78 is 4.86. The fraction of sp³-hybridized carbons (Fsp3) is 0.714. The number of ether oxygens (including phenoxy) is 1. The van der Waals surface area contributed by atoms with Gasteiger partial charge in [0.05, 0.1) is 19.7 Å². The maximum absolute atomic E-state index is 12.2. The first-order valence-corrected chi connectivity index (χ1v) is 6.92. The van der Waals surface area contributed by atoms with Gasteiger partial charge >= 0.3 is 5.97 Å². The molecule has 0 aromatic rings. The Balaban J connectivity index is 2.45. The van der Waals surface area contributed by atoms with Crippen LogP contribution in [0.5, 0.6) is 0 Å². The molecule has 0 atom stereocenters. The monoisotopic (exact) mass is 268 g/mol. The van der Waals surface area contributed by atoms with Crippen molar-refractivity contribution in [3.05, 3.63) is 11.8 Å². The van der Waals surface area contributed by atoms with Crippen molar-refractivity contribution in [2.75, 3.05) is 33.3 Å². The van der Waals surface area contributed by atoms with Crippen LogP contribution in [0.3, 0.4) is 0 Å². The molecule has 5 heteroatoms. The quantitative estimate of drug-likeness (QED) is 0.655. The Hall–Kier alpha value is -1.36. The van der Waals surface area contributed by atoms with Gasteiger partial charge in [0.25, 0.3) is 0 Å². The number of nitrogens with zero attached hydrogens (tertiary/aromatic N) is 2. The van der Waals surface area contributed by atoms with Crippen molar-refractivity contribution in [1.29, 1.82) is 0 Å². The Morgan fingerprint density at radius 3 is 2.58 bits per heavy atom. The molecule has 0 radical (unpaired) electrons. The molecule has 0 unspecified atom stereocenters. The Morgan fingerprint density at radius 1 is 1.32 bits per heavy atom. The highest BCUT2D eigenvalue weighted by Gasteiger charge is 2.20. The minimum atomic E-state index is -0.291. The van der Waals surface area contributed by atoms with Gasteiger partial charge in [-0.25, -0.2) is 0 Å². The molecule has 1 rings (SSSR count). The normalized spacial score (nSPS) is 14.4. The Morgan fingerprint density at radius 2 is 2.05 bits per heavy atom. The van der Waals surface area contributed by atoms with Crippen LogP contribution in [0.1, 0.15) is 33.1 Å². The summed E-state index contributed by atoms with van der Waals surface area (Å²) in [5, 5.41) is 0. The van der Waals surface area contributed by atoms with Crippen molar-refractivity contribution < 1.29 is 14.3 Å². The van der Waals surface area contributed by atoms with E-state index in [1.165, 1.54) is 0 Å². The lowest BCUT2D eigenvalue weighted by Crippen LogP contribution is -2.40. The Kier molecular flexibility index (Phi) is 6.56. The van der Waals surface area contributed by atoms with Crippen LogP contribution in [0, 0.1) is 0 Å². The standard InChI is InChI=1S/C14H24N2O3/c1-4-16(12-8-6-7-9-12)13(17)10-15(3)11-14(18)19-5-2/h8H,4-7,9-11H2,1-3H3. The molecule has 0 saturated carbocycles. The minimum absolute atomic E-state index is 0.0439. The highest BCUT2D eigenvalue weighted by molar-refractivity contribution is 5.81. The molecule has 0 aliphatic heterocycles. The van der Waals surface area contributed by atoms with Crippen LogP contribution in [-0.2, 0) is 14.3 Å². The molecular formula is C14H24N2O3. The highest BCUT2D eigenvalue weighted by Crippen LogP contribution is 2.21. The summed E-state index contributed by atoms with van der Waals surface area (Å²) in [6.07, 6.45) is 5.28. The van der Waals surface area contributed by atoms with Crippen LogP contribution < -0.4 is 0 Å². The van der Waals surface area contributed by atoms with Gasteiger partial charge in [0, 0.05) is 12.2 Å². The van der Waals surface area contributed by atoms with Gasteiger partial charge in [-0.05, 0) is 40.2 Å². The SMILES string of the molecule is CCOC(=O)CN(C)CC(=O)N(CC)C1=CCCC1. The summed E-state index contributed by atoms with van der Waals surface area (Å²) >= 11 is 0. The highest BCUT2D eigenvalue weighted by atomic mass is 16.5. The minimum Gasteiger partial charge on any atom is -0.465 e. The van der Waals surface area contributed by atoms with Crippen LogP contribution in [0.25, 0.3) is 0 Å². The smallest absolute Gasteiger partial charge is 0.320 e. The topological polar surface area (TPSA) is 49.9 Å². The average molecular weight is 268 g/mol. The van der Waals surface area contributed by atoms with E-state index in [1.807, 2.05) is 11.8 Å². The van der Waals surface area contributed by atoms with Crippen molar-refractivity contribution in [1.82, 2.24) is 9.80 Å². The number of hydrogen-bond acceptors (Lipinski definition) is 4. The van der Waals surface area contributed by atoms with Gasteiger partial charge < -0.3 is 9.64 Å². The third kappa shape index (κ3) is 5.03. The molecule has 0 aromatic heterocycles. The Labute approximate surface area is 115 Å². The number of amides is 1. The van der Waals surface area contributed by atoms with E-state index in [0.29, 0.717) is 13.2 Å². The molecule has 0 spiro atoms. The van der Waals surface area contributed by atoms with E-state index in [9.17, 15) is 9.59 Å². The molecule has 5 nitrogen and oxygen atoms in total. The first kappa shape index (κ1) is 15.7. The van der Waals surface area contributed by atoms with E-state index in [0.717, 1.165) is 25.0 Å². The van der Waals surface area contributed by atoms with Crippen molar-refractivity contribution in [2.45, 2.75) is 33.1 Å². The van der Waals surface area contributed by atoms with Crippen molar-refractivity contribution >= 4 is 11.9 Å². The van der Waals surface area contributed by atoms with Crippen LogP contribution in [0.4, 0.5) is 0 Å². The molecule has 1 aliphatic rings. The fourth-order valence-corrected chi connectivity index (χ4v) is 2.24. The zero-order chi connectivity index (χ0) is 14.3. The van der Waals surface area contributed by atoms with E-state index in [4.69, 9.17) is 4.74 Å². The van der Waals surface area contributed by atoms with Gasteiger partial charge in [-0.3, -0.25) is 14.5 Å². The second-order valence-electron chi connectivity index (χ2n) is 4.70. The summed E-state index contributed by atoms with van der Waals surface area (Å²) in [5.74, 6) is -0.247. The molecule has 0 heterocycles. The predicted octanol–water partition coefficient (Wildman–Crippen LogP) is 1.40. The van der Waals surface area contributed by atoms with E-state index < -0.39 is 0 Å². The largest absolute Gasteiger partial charge is 0.465 e. The van der Waals surface area contributed by atoms with E-state index >= 15 is 0 Å². The van der Waals surface area contributed by atoms with E-state index in [1.54, 1.807) is 18.9 Å². The maximum Gasteiger partial charge on any atom is 0.320 e. The number of carbonyl (C=O) groups excluding carboxylic acids is 2. The predicted molar refractivity (Wildman–Crippen MR) is 73.5 cm³/mol. The zero-order valence-electron chi connectivity index (χ0n) is 12.1. The van der Waals surface area contributed by atoms with Crippen LogP contribution >= 0.6 is 0 Å². The summed E-state index contributed by atoms with van der Waals surface area (Å²) in [5.41, 5.74) is 1.12. The van der Waals surface area contributed by atoms with Crippen molar-refractivity contribution in [2.24, 2.45) is 0 Å². The molecule has 1 amide bonds. The summed E-state index contributed by atoms with van der Waals surface area (Å²) in [6, 6.07) is 0. The van der Waals surface area contributed by atoms with Gasteiger partial charge in [0.2, 0.25) is 5.91 Å². The molecule has 19 heavy (non-hydrogen) atoms. The lowest BCUT2D eigenvalue weighted by Gasteiger charge is -2.25. The first-order valence-electron chi connectivity index (χ1n) is 6.92. The van der Waals surface area contributed by atoms with E-state index in [-0.39, 0.29) is 25.0 Å². The van der Waals surface area contributed by atoms with Gasteiger partial charge in [0.1, 0.15) is 0 Å². The molecular weight excluding hydrogens is 244 g/mol. The van der Waals surface area contributed by atoms with Gasteiger partial charge in [-0.2, -0.15) is 0 Å². The van der Waals surface area contributed by atoms with E-state index in [2.05, 4.69) is 6.08 Å². The molecule has 108 valence electrons.